The highest BCUT2D eigenvalue weighted by Crippen LogP contribution is 2.37. The van der Waals surface area contributed by atoms with Gasteiger partial charge in [0.25, 0.3) is 0 Å². The summed E-state index contributed by atoms with van der Waals surface area (Å²) >= 11 is 0. The van der Waals surface area contributed by atoms with E-state index in [-0.39, 0.29) is 12.4 Å². The van der Waals surface area contributed by atoms with Crippen molar-refractivity contribution in [2.45, 2.75) is 38.9 Å². The Kier molecular flexibility index (Phi) is 4.30. The van der Waals surface area contributed by atoms with E-state index < -0.39 is 0 Å². The lowest BCUT2D eigenvalue weighted by molar-refractivity contribution is 0.288. The largest absolute Gasteiger partial charge is 0.327 e. The van der Waals surface area contributed by atoms with E-state index in [1.165, 1.54) is 31.6 Å². The lowest BCUT2D eigenvalue weighted by atomic mass is 9.98. The van der Waals surface area contributed by atoms with Gasteiger partial charge in [0.15, 0.2) is 0 Å². The van der Waals surface area contributed by atoms with Crippen molar-refractivity contribution < 1.29 is 0 Å². The Hall–Kier alpha value is -0.580. The summed E-state index contributed by atoms with van der Waals surface area (Å²) in [5.41, 5.74) is 7.50. The molecule has 3 atom stereocenters. The molecule has 18 heavy (non-hydrogen) atoms. The van der Waals surface area contributed by atoms with Gasteiger partial charge in [-0.2, -0.15) is 5.10 Å². The number of hydrogen-bond donors (Lipinski definition) is 1. The number of likely N-dealkylation sites (tertiary alicyclic amines) is 1. The fraction of sp³-hybridized carbons (Fsp3) is 0.769. The molecule has 3 unspecified atom stereocenters. The van der Waals surface area contributed by atoms with Gasteiger partial charge in [0.05, 0.1) is 5.69 Å². The molecule has 0 amide bonds. The maximum absolute atomic E-state index is 6.17. The van der Waals surface area contributed by atoms with Crippen LogP contribution in [0.25, 0.3) is 0 Å². The molecule has 0 aromatic carbocycles. The third-order valence-electron chi connectivity index (χ3n) is 4.48. The number of fused-ring (bicyclic) bond motifs is 1. The van der Waals surface area contributed by atoms with Gasteiger partial charge >= 0.3 is 0 Å². The molecule has 2 heterocycles. The molecule has 0 spiro atoms. The molecule has 1 aliphatic heterocycles. The molecule has 0 radical (unpaired) electrons. The summed E-state index contributed by atoms with van der Waals surface area (Å²) in [5.74, 6) is 1.59. The standard InChI is InChI=1S/C13H22N4.ClH/c1-2-17-11(5-6-15-17)8-16-7-10-3-4-13(14)12(10)9-16;/h5-6,10,12-13H,2-4,7-9,14H2,1H3;1H. The van der Waals surface area contributed by atoms with E-state index in [0.717, 1.165) is 24.9 Å². The second-order valence-corrected chi connectivity index (χ2v) is 5.50. The summed E-state index contributed by atoms with van der Waals surface area (Å²) in [6.45, 7) is 6.55. The first-order chi connectivity index (χ1) is 8.28. The Balaban J connectivity index is 0.00000120. The van der Waals surface area contributed by atoms with Crippen LogP contribution in [0.3, 0.4) is 0 Å². The molecule has 1 saturated heterocycles. The first-order valence-electron chi connectivity index (χ1n) is 6.76. The number of halogens is 1. The predicted octanol–water partition coefficient (Wildman–Crippen LogP) is 1.49. The fourth-order valence-electron chi connectivity index (χ4n) is 3.54. The predicted molar refractivity (Wildman–Crippen MR) is 74.6 cm³/mol. The fourth-order valence-corrected chi connectivity index (χ4v) is 3.54. The number of hydrogen-bond acceptors (Lipinski definition) is 3. The summed E-state index contributed by atoms with van der Waals surface area (Å²) in [4.78, 5) is 2.55. The minimum atomic E-state index is 0. The molecule has 1 aromatic heterocycles. The molecular formula is C13H23ClN4. The van der Waals surface area contributed by atoms with E-state index in [1.54, 1.807) is 0 Å². The van der Waals surface area contributed by atoms with Crippen molar-refractivity contribution in [3.8, 4) is 0 Å². The molecule has 1 saturated carbocycles. The van der Waals surface area contributed by atoms with Gasteiger partial charge in [-0.05, 0) is 37.7 Å². The van der Waals surface area contributed by atoms with Crippen LogP contribution in [0.4, 0.5) is 0 Å². The lowest BCUT2D eigenvalue weighted by Gasteiger charge is -2.18. The average molecular weight is 271 g/mol. The molecule has 2 aliphatic rings. The van der Waals surface area contributed by atoms with Gasteiger partial charge in [-0.15, -0.1) is 12.4 Å². The van der Waals surface area contributed by atoms with Crippen LogP contribution in [-0.4, -0.2) is 33.8 Å². The van der Waals surface area contributed by atoms with Crippen molar-refractivity contribution >= 4 is 12.4 Å². The zero-order valence-electron chi connectivity index (χ0n) is 11.0. The molecule has 2 N–H and O–H groups in total. The molecular weight excluding hydrogens is 248 g/mol. The minimum Gasteiger partial charge on any atom is -0.327 e. The van der Waals surface area contributed by atoms with Crippen LogP contribution < -0.4 is 5.73 Å². The molecule has 4 nitrogen and oxygen atoms in total. The highest BCUT2D eigenvalue weighted by Gasteiger charge is 2.40. The van der Waals surface area contributed by atoms with Gasteiger partial charge in [-0.1, -0.05) is 0 Å². The summed E-state index contributed by atoms with van der Waals surface area (Å²) in [6, 6.07) is 2.58. The third-order valence-corrected chi connectivity index (χ3v) is 4.48. The zero-order valence-corrected chi connectivity index (χ0v) is 11.8. The van der Waals surface area contributed by atoms with Crippen molar-refractivity contribution in [2.24, 2.45) is 17.6 Å². The second kappa shape index (κ2) is 5.59. The summed E-state index contributed by atoms with van der Waals surface area (Å²) < 4.78 is 2.09. The maximum Gasteiger partial charge on any atom is 0.0524 e. The number of aromatic nitrogens is 2. The van der Waals surface area contributed by atoms with E-state index in [4.69, 9.17) is 5.73 Å². The molecule has 2 fully saturated rings. The van der Waals surface area contributed by atoms with Crippen molar-refractivity contribution in [2.75, 3.05) is 13.1 Å². The number of nitrogens with two attached hydrogens (primary N) is 1. The highest BCUT2D eigenvalue weighted by atomic mass is 35.5. The Morgan fingerprint density at radius 2 is 2.22 bits per heavy atom. The van der Waals surface area contributed by atoms with Crippen molar-refractivity contribution in [1.82, 2.24) is 14.7 Å². The lowest BCUT2D eigenvalue weighted by Crippen LogP contribution is -2.30. The van der Waals surface area contributed by atoms with E-state index in [1.807, 2.05) is 6.20 Å². The van der Waals surface area contributed by atoms with Gasteiger partial charge in [-0.3, -0.25) is 9.58 Å². The van der Waals surface area contributed by atoms with Gasteiger partial charge in [0.2, 0.25) is 0 Å². The first-order valence-corrected chi connectivity index (χ1v) is 6.76. The second-order valence-electron chi connectivity index (χ2n) is 5.50. The number of rotatable bonds is 3. The highest BCUT2D eigenvalue weighted by molar-refractivity contribution is 5.85. The van der Waals surface area contributed by atoms with Gasteiger partial charge in [0, 0.05) is 38.4 Å². The average Bonchev–Trinajstić information content (AvgIpc) is 2.98. The molecule has 3 rings (SSSR count). The van der Waals surface area contributed by atoms with Gasteiger partial charge in [0.1, 0.15) is 0 Å². The van der Waals surface area contributed by atoms with Crippen molar-refractivity contribution in [1.29, 1.82) is 0 Å². The Bertz CT molecular complexity index is 392. The Morgan fingerprint density at radius 3 is 2.94 bits per heavy atom. The van der Waals surface area contributed by atoms with E-state index in [2.05, 4.69) is 27.7 Å². The van der Waals surface area contributed by atoms with E-state index in [0.29, 0.717) is 6.04 Å². The van der Waals surface area contributed by atoms with E-state index in [9.17, 15) is 0 Å². The number of aryl methyl sites for hydroxylation is 1. The van der Waals surface area contributed by atoms with E-state index >= 15 is 0 Å². The van der Waals surface area contributed by atoms with Crippen LogP contribution in [0.2, 0.25) is 0 Å². The minimum absolute atomic E-state index is 0. The molecule has 1 aliphatic carbocycles. The van der Waals surface area contributed by atoms with Crippen LogP contribution in [0.5, 0.6) is 0 Å². The number of nitrogens with zero attached hydrogens (tertiary/aromatic N) is 3. The molecule has 1 aromatic rings. The molecule has 102 valence electrons. The third kappa shape index (κ3) is 2.42. The van der Waals surface area contributed by atoms with Crippen LogP contribution in [0.1, 0.15) is 25.5 Å². The van der Waals surface area contributed by atoms with Crippen LogP contribution in [-0.2, 0) is 13.1 Å². The topological polar surface area (TPSA) is 47.1 Å². The van der Waals surface area contributed by atoms with Crippen LogP contribution in [0, 0.1) is 11.8 Å². The zero-order chi connectivity index (χ0) is 11.8. The summed E-state index contributed by atoms with van der Waals surface area (Å²) in [6.07, 6.45) is 4.47. The molecule has 0 bridgehead atoms. The normalized spacial score (nSPS) is 31.3. The SMILES string of the molecule is CCn1nccc1CN1CC2CCC(N)C2C1.Cl. The monoisotopic (exact) mass is 270 g/mol. The van der Waals surface area contributed by atoms with Crippen LogP contribution in [0.15, 0.2) is 12.3 Å². The van der Waals surface area contributed by atoms with Crippen molar-refractivity contribution in [3.05, 3.63) is 18.0 Å². The van der Waals surface area contributed by atoms with Gasteiger partial charge < -0.3 is 5.73 Å². The Morgan fingerprint density at radius 1 is 1.39 bits per heavy atom. The summed E-state index contributed by atoms with van der Waals surface area (Å²) in [7, 11) is 0. The van der Waals surface area contributed by atoms with Crippen molar-refractivity contribution in [3.63, 3.8) is 0 Å². The Labute approximate surface area is 115 Å². The quantitative estimate of drug-likeness (QED) is 0.905. The van der Waals surface area contributed by atoms with Crippen LogP contribution >= 0.6 is 12.4 Å². The molecule has 5 heteroatoms. The summed E-state index contributed by atoms with van der Waals surface area (Å²) in [5, 5.41) is 4.33. The smallest absolute Gasteiger partial charge is 0.0524 e. The first kappa shape index (κ1) is 13.8. The maximum atomic E-state index is 6.17. The van der Waals surface area contributed by atoms with Gasteiger partial charge in [-0.25, -0.2) is 0 Å².